The topological polar surface area (TPSA) is 71.1 Å². The fourth-order valence-electron chi connectivity index (χ4n) is 4.96. The average Bonchev–Trinajstić information content (AvgIpc) is 2.96. The molecule has 41 heavy (non-hydrogen) atoms. The standard InChI is InChI=1S/C34H44O6Si/c1-27(35)21-22-33(36)38-25-30(23-29-15-9-6-10-16-29)39-26-37-24-28(2)40-41(34(3,4)5,31-17-11-7-12-18-31)32-19-13-8-14-20-32/h6-20,28,30H,21-26H2,1-5H3/t28-,30-/m1/s1. The third kappa shape index (κ3) is 9.75. The van der Waals surface area contributed by atoms with Crippen LogP contribution in [0.3, 0.4) is 0 Å². The highest BCUT2D eigenvalue weighted by Crippen LogP contribution is 2.37. The Morgan fingerprint density at radius 3 is 1.83 bits per heavy atom. The molecule has 0 unspecified atom stereocenters. The molecule has 0 spiro atoms. The van der Waals surface area contributed by atoms with Crippen LogP contribution in [0.2, 0.25) is 5.04 Å². The molecule has 3 aromatic rings. The first-order valence-electron chi connectivity index (χ1n) is 14.3. The number of ether oxygens (including phenoxy) is 3. The van der Waals surface area contributed by atoms with Crippen molar-refractivity contribution in [1.82, 2.24) is 0 Å². The Labute approximate surface area is 246 Å². The van der Waals surface area contributed by atoms with Crippen molar-refractivity contribution in [2.24, 2.45) is 0 Å². The summed E-state index contributed by atoms with van der Waals surface area (Å²) in [5, 5.41) is 2.31. The molecule has 3 rings (SSSR count). The van der Waals surface area contributed by atoms with E-state index >= 15 is 0 Å². The zero-order valence-electron chi connectivity index (χ0n) is 25.0. The Morgan fingerprint density at radius 2 is 1.32 bits per heavy atom. The Balaban J connectivity index is 1.65. The fraction of sp³-hybridized carbons (Fsp3) is 0.412. The highest BCUT2D eigenvalue weighted by molar-refractivity contribution is 6.99. The first kappa shape index (κ1) is 32.4. The normalized spacial score (nSPS) is 13.4. The van der Waals surface area contributed by atoms with Gasteiger partial charge in [-0.1, -0.05) is 112 Å². The Bertz CT molecular complexity index is 1150. The fourth-order valence-corrected chi connectivity index (χ4v) is 9.65. The summed E-state index contributed by atoms with van der Waals surface area (Å²) in [4.78, 5) is 23.3. The van der Waals surface area contributed by atoms with E-state index in [0.29, 0.717) is 13.0 Å². The van der Waals surface area contributed by atoms with Crippen molar-refractivity contribution < 1.29 is 28.2 Å². The lowest BCUT2D eigenvalue weighted by Crippen LogP contribution is -2.67. The minimum atomic E-state index is -2.69. The largest absolute Gasteiger partial charge is 0.463 e. The van der Waals surface area contributed by atoms with Crippen LogP contribution in [0, 0.1) is 0 Å². The minimum Gasteiger partial charge on any atom is -0.463 e. The van der Waals surface area contributed by atoms with Gasteiger partial charge in [-0.15, -0.1) is 0 Å². The number of esters is 1. The van der Waals surface area contributed by atoms with E-state index in [9.17, 15) is 9.59 Å². The number of hydrogen-bond acceptors (Lipinski definition) is 6. The van der Waals surface area contributed by atoms with E-state index in [1.165, 1.54) is 17.3 Å². The second kappa shape index (κ2) is 15.8. The number of carbonyl (C=O) groups is 2. The lowest BCUT2D eigenvalue weighted by Gasteiger charge is -2.44. The average molecular weight is 577 g/mol. The molecular weight excluding hydrogens is 532 g/mol. The van der Waals surface area contributed by atoms with Crippen LogP contribution in [0.15, 0.2) is 91.0 Å². The molecule has 7 heteroatoms. The quantitative estimate of drug-likeness (QED) is 0.0976. The number of ketones is 1. The van der Waals surface area contributed by atoms with E-state index in [1.54, 1.807) is 0 Å². The highest BCUT2D eigenvalue weighted by atomic mass is 28.4. The van der Waals surface area contributed by atoms with Crippen molar-refractivity contribution in [2.75, 3.05) is 20.0 Å². The van der Waals surface area contributed by atoms with Gasteiger partial charge in [0.05, 0.1) is 25.2 Å². The molecule has 0 N–H and O–H groups in total. The van der Waals surface area contributed by atoms with E-state index in [4.69, 9.17) is 18.6 Å². The lowest BCUT2D eigenvalue weighted by atomic mass is 10.1. The third-order valence-corrected chi connectivity index (χ3v) is 12.1. The van der Waals surface area contributed by atoms with Gasteiger partial charge in [0.2, 0.25) is 0 Å². The second-order valence-corrected chi connectivity index (χ2v) is 15.7. The monoisotopic (exact) mass is 576 g/mol. The minimum absolute atomic E-state index is 0.0386. The van der Waals surface area contributed by atoms with Crippen LogP contribution < -0.4 is 10.4 Å². The van der Waals surface area contributed by atoms with Crippen LogP contribution >= 0.6 is 0 Å². The van der Waals surface area contributed by atoms with Crippen LogP contribution in [0.25, 0.3) is 0 Å². The van der Waals surface area contributed by atoms with E-state index in [1.807, 2.05) is 49.4 Å². The molecule has 0 bridgehead atoms. The molecule has 6 nitrogen and oxygen atoms in total. The van der Waals surface area contributed by atoms with Gasteiger partial charge in [-0.25, -0.2) is 0 Å². The van der Waals surface area contributed by atoms with Gasteiger partial charge in [0.25, 0.3) is 8.32 Å². The van der Waals surface area contributed by atoms with Gasteiger partial charge >= 0.3 is 5.97 Å². The predicted molar refractivity (Wildman–Crippen MR) is 165 cm³/mol. The summed E-state index contributed by atoms with van der Waals surface area (Å²) in [5.41, 5.74) is 1.07. The SMILES string of the molecule is CC(=O)CCC(=O)OC[C@@H](Cc1ccccc1)OCOC[C@@H](C)O[Si](c1ccccc1)(c1ccccc1)C(C)(C)C. The zero-order chi connectivity index (χ0) is 29.7. The van der Waals surface area contributed by atoms with Gasteiger partial charge in [0.15, 0.2) is 0 Å². The molecule has 0 saturated heterocycles. The van der Waals surface area contributed by atoms with Crippen LogP contribution in [0.1, 0.15) is 53.0 Å². The second-order valence-electron chi connectivity index (χ2n) is 11.4. The van der Waals surface area contributed by atoms with Gasteiger partial charge in [0, 0.05) is 12.8 Å². The van der Waals surface area contributed by atoms with E-state index in [2.05, 4.69) is 69.3 Å². The van der Waals surface area contributed by atoms with Crippen molar-refractivity contribution in [1.29, 1.82) is 0 Å². The summed E-state index contributed by atoms with van der Waals surface area (Å²) in [6.45, 7) is 10.7. The van der Waals surface area contributed by atoms with E-state index in [-0.39, 0.29) is 49.3 Å². The summed E-state index contributed by atoms with van der Waals surface area (Å²) < 4.78 is 24.5. The Morgan fingerprint density at radius 1 is 0.780 bits per heavy atom. The molecule has 0 aliphatic heterocycles. The molecule has 0 saturated carbocycles. The van der Waals surface area contributed by atoms with Gasteiger partial charge in [-0.2, -0.15) is 0 Å². The van der Waals surface area contributed by atoms with Crippen molar-refractivity contribution in [3.05, 3.63) is 96.6 Å². The molecule has 0 aliphatic carbocycles. The van der Waals surface area contributed by atoms with Crippen LogP contribution in [-0.4, -0.2) is 52.3 Å². The third-order valence-electron chi connectivity index (χ3n) is 6.95. The van der Waals surface area contributed by atoms with Crippen LogP contribution in [0.5, 0.6) is 0 Å². The molecular formula is C34H44O6Si. The molecule has 220 valence electrons. The van der Waals surface area contributed by atoms with Crippen molar-refractivity contribution in [3.8, 4) is 0 Å². The maximum Gasteiger partial charge on any atom is 0.306 e. The number of carbonyl (C=O) groups excluding carboxylic acids is 2. The molecule has 0 aromatic heterocycles. The summed E-state index contributed by atoms with van der Waals surface area (Å²) in [6.07, 6.45) is 0.239. The summed E-state index contributed by atoms with van der Waals surface area (Å²) >= 11 is 0. The predicted octanol–water partition coefficient (Wildman–Crippen LogP) is 5.47. The molecule has 0 heterocycles. The molecule has 0 amide bonds. The van der Waals surface area contributed by atoms with Crippen molar-refractivity contribution in [2.45, 2.75) is 71.1 Å². The van der Waals surface area contributed by atoms with Crippen molar-refractivity contribution >= 4 is 30.4 Å². The lowest BCUT2D eigenvalue weighted by molar-refractivity contribution is -0.155. The number of benzene rings is 3. The Kier molecular flexibility index (Phi) is 12.5. The van der Waals surface area contributed by atoms with Crippen molar-refractivity contribution in [3.63, 3.8) is 0 Å². The maximum absolute atomic E-state index is 12.1. The molecule has 0 radical (unpaired) electrons. The van der Waals surface area contributed by atoms with Gasteiger partial charge in [-0.3, -0.25) is 4.79 Å². The highest BCUT2D eigenvalue weighted by Gasteiger charge is 2.51. The first-order chi connectivity index (χ1) is 19.6. The molecule has 0 fully saturated rings. The smallest absolute Gasteiger partial charge is 0.306 e. The first-order valence-corrected chi connectivity index (χ1v) is 16.2. The van der Waals surface area contributed by atoms with Crippen LogP contribution in [0.4, 0.5) is 0 Å². The zero-order valence-corrected chi connectivity index (χ0v) is 26.0. The molecule has 3 aromatic carbocycles. The molecule has 2 atom stereocenters. The number of rotatable bonds is 16. The Hall–Kier alpha value is -3.10. The maximum atomic E-state index is 12.1. The van der Waals surface area contributed by atoms with Gasteiger partial charge in [0.1, 0.15) is 19.2 Å². The molecule has 0 aliphatic rings. The van der Waals surface area contributed by atoms with Crippen LogP contribution in [-0.2, 0) is 34.6 Å². The number of hydrogen-bond donors (Lipinski definition) is 0. The van der Waals surface area contributed by atoms with Gasteiger partial charge < -0.3 is 23.4 Å². The number of Topliss-reactive ketones (excluding diaryl/α,β-unsaturated/α-hetero) is 1. The summed E-state index contributed by atoms with van der Waals surface area (Å²) in [5.74, 6) is -0.447. The van der Waals surface area contributed by atoms with Gasteiger partial charge in [-0.05, 0) is 34.8 Å². The van der Waals surface area contributed by atoms with E-state index in [0.717, 1.165) is 5.56 Å². The van der Waals surface area contributed by atoms with E-state index < -0.39 is 14.3 Å². The summed E-state index contributed by atoms with van der Waals surface area (Å²) in [7, 11) is -2.69. The summed E-state index contributed by atoms with van der Waals surface area (Å²) in [6, 6.07) is 31.0.